The predicted molar refractivity (Wildman–Crippen MR) is 44.0 cm³/mol. The van der Waals surface area contributed by atoms with E-state index >= 15 is 0 Å². The van der Waals surface area contributed by atoms with E-state index in [1.54, 1.807) is 0 Å². The van der Waals surface area contributed by atoms with Crippen molar-refractivity contribution in [2.75, 3.05) is 0 Å². The molecule has 0 fully saturated rings. The Kier molecular flexibility index (Phi) is 5.14. The number of hydrogen-bond donors (Lipinski definition) is 1. The maximum Gasteiger partial charge on any atom is 2.00 e. The summed E-state index contributed by atoms with van der Waals surface area (Å²) in [4.78, 5) is -2.26. The van der Waals surface area contributed by atoms with E-state index in [1.165, 1.54) is 0 Å². The Morgan fingerprint density at radius 1 is 0.812 bits per heavy atom. The second-order valence-corrected chi connectivity index (χ2v) is 3.73. The van der Waals surface area contributed by atoms with Gasteiger partial charge in [0.1, 0.15) is 0 Å². The van der Waals surface area contributed by atoms with Gasteiger partial charge >= 0.3 is 47.9 Å². The molecule has 0 aliphatic carbocycles. The molecule has 0 aliphatic heterocycles. The van der Waals surface area contributed by atoms with Gasteiger partial charge in [-0.05, 0) is 0 Å². The molecule has 0 aromatic heterocycles. The maximum absolute atomic E-state index is 12.6. The van der Waals surface area contributed by atoms with Crippen LogP contribution < -0.4 is 0 Å². The van der Waals surface area contributed by atoms with Crippen LogP contribution in [0.4, 0.5) is 22.0 Å². The van der Waals surface area contributed by atoms with Gasteiger partial charge in [0, 0.05) is 0 Å². The van der Waals surface area contributed by atoms with Gasteiger partial charge in [-0.25, -0.2) is 22.0 Å². The third-order valence-corrected chi connectivity index (χ3v) is 2.30. The van der Waals surface area contributed by atoms with Crippen molar-refractivity contribution in [2.45, 2.75) is 4.90 Å². The average Bonchev–Trinajstić information content (AvgIpc) is 2.09. The Morgan fingerprint density at radius 3 is 1.31 bits per heavy atom. The maximum atomic E-state index is 12.6. The molecule has 16 heavy (non-hydrogen) atoms. The van der Waals surface area contributed by atoms with Crippen LogP contribution in [0.3, 0.4) is 0 Å². The molecule has 1 rings (SSSR count). The van der Waals surface area contributed by atoms with E-state index in [0.29, 0.717) is 0 Å². The monoisotopic (exact) mass is 290 g/mol. The molecule has 0 amide bonds. The summed E-state index contributed by atoms with van der Waals surface area (Å²) < 4.78 is 91.3. The number of hydrogen-bond acceptors (Lipinski definition) is 2. The first kappa shape index (κ1) is 16.0. The van der Waals surface area contributed by atoms with Crippen LogP contribution in [-0.2, 0) is 10.1 Å². The molecule has 88 valence electrons. The third-order valence-electron chi connectivity index (χ3n) is 1.43. The zero-order valence-electron chi connectivity index (χ0n) is 9.27. The summed E-state index contributed by atoms with van der Waals surface area (Å²) in [7, 11) is -5.52. The van der Waals surface area contributed by atoms with Gasteiger partial charge in [0.15, 0.2) is 28.2 Å². The second-order valence-electron chi connectivity index (χ2n) is 2.37. The summed E-state index contributed by atoms with van der Waals surface area (Å²) in [5.41, 5.74) is 0. The molecule has 0 atom stereocenters. The Labute approximate surface area is 119 Å². The van der Waals surface area contributed by atoms with E-state index in [1.807, 2.05) is 0 Å². The summed E-state index contributed by atoms with van der Waals surface area (Å²) in [6.45, 7) is 0. The summed E-state index contributed by atoms with van der Waals surface area (Å²) in [6, 6.07) is 0. The van der Waals surface area contributed by atoms with Crippen LogP contribution in [0.2, 0.25) is 0 Å². The van der Waals surface area contributed by atoms with E-state index in [9.17, 15) is 30.4 Å². The molecule has 0 bridgehead atoms. The summed E-state index contributed by atoms with van der Waals surface area (Å²) in [5.74, 6) is -12.6. The van der Waals surface area contributed by atoms with E-state index in [0.717, 1.165) is 0 Å². The van der Waals surface area contributed by atoms with Gasteiger partial charge in [-0.2, -0.15) is 8.42 Å². The van der Waals surface area contributed by atoms with Crippen molar-refractivity contribution in [2.24, 2.45) is 0 Å². The minimum Gasteiger partial charge on any atom is -1.00 e. The topological polar surface area (TPSA) is 54.4 Å². The van der Waals surface area contributed by atoms with Crippen molar-refractivity contribution >= 4 is 47.9 Å². The number of rotatable bonds is 1. The van der Waals surface area contributed by atoms with Crippen LogP contribution in [0.25, 0.3) is 0 Å². The van der Waals surface area contributed by atoms with Crippen LogP contribution >= 0.6 is 0 Å². The van der Waals surface area contributed by atoms with Gasteiger partial charge < -0.3 is 2.85 Å². The third kappa shape index (κ3) is 2.65. The summed E-state index contributed by atoms with van der Waals surface area (Å²) in [6.07, 6.45) is 0. The average molecular weight is 290 g/mol. The zero-order chi connectivity index (χ0) is 12.0. The van der Waals surface area contributed by atoms with E-state index in [4.69, 9.17) is 4.55 Å². The minimum atomic E-state index is -5.52. The SMILES string of the molecule is O=S(=O)(O)c1c(F)c(F)c(F)c(F)c1F.[Ca+2].[H-].[H-]. The van der Waals surface area contributed by atoms with Crippen molar-refractivity contribution in [3.05, 3.63) is 29.1 Å². The van der Waals surface area contributed by atoms with Gasteiger partial charge in [-0.3, -0.25) is 4.55 Å². The fourth-order valence-electron chi connectivity index (χ4n) is 0.811. The van der Waals surface area contributed by atoms with Crippen molar-refractivity contribution in [1.82, 2.24) is 0 Å². The molecule has 0 radical (unpaired) electrons. The van der Waals surface area contributed by atoms with E-state index in [2.05, 4.69) is 0 Å². The largest absolute Gasteiger partial charge is 2.00 e. The minimum absolute atomic E-state index is 0. The van der Waals surface area contributed by atoms with Crippen molar-refractivity contribution in [1.29, 1.82) is 0 Å². The van der Waals surface area contributed by atoms with Gasteiger partial charge in [-0.1, -0.05) is 0 Å². The van der Waals surface area contributed by atoms with Crippen molar-refractivity contribution < 1.29 is 37.8 Å². The van der Waals surface area contributed by atoms with Gasteiger partial charge in [-0.15, -0.1) is 0 Å². The smallest absolute Gasteiger partial charge is 1.00 e. The van der Waals surface area contributed by atoms with Crippen molar-refractivity contribution in [3.63, 3.8) is 0 Å². The fraction of sp³-hybridized carbons (Fsp3) is 0. The van der Waals surface area contributed by atoms with Crippen LogP contribution in [0, 0.1) is 29.1 Å². The molecule has 1 aromatic rings. The Bertz CT molecular complexity index is 510. The van der Waals surface area contributed by atoms with Crippen molar-refractivity contribution in [3.8, 4) is 0 Å². The first-order valence-electron chi connectivity index (χ1n) is 3.16. The second kappa shape index (κ2) is 5.13. The van der Waals surface area contributed by atoms with Gasteiger partial charge in [0.05, 0.1) is 0 Å². The first-order valence-corrected chi connectivity index (χ1v) is 4.61. The summed E-state index contributed by atoms with van der Waals surface area (Å²) >= 11 is 0. The molecule has 1 N–H and O–H groups in total. The van der Waals surface area contributed by atoms with Crippen LogP contribution in [0.5, 0.6) is 0 Å². The first-order chi connectivity index (χ1) is 6.68. The molecule has 0 heterocycles. The molecule has 1 aromatic carbocycles. The molecule has 10 heteroatoms. The summed E-state index contributed by atoms with van der Waals surface area (Å²) in [5, 5.41) is 0. The molecule has 0 unspecified atom stereocenters. The van der Waals surface area contributed by atoms with E-state index < -0.39 is 44.1 Å². The number of benzene rings is 1. The molecule has 0 spiro atoms. The fourth-order valence-corrected chi connectivity index (χ4v) is 1.44. The standard InChI is InChI=1S/C6HF5O3S.Ca.2H/c7-1-2(8)4(10)6(15(12,13)14)5(11)3(1)9;;;/h(H,12,13,14);;;/q;+2;2*-1. The Hall–Kier alpha value is 0.0397. The van der Waals surface area contributed by atoms with Crippen LogP contribution in [-0.4, -0.2) is 50.7 Å². The van der Waals surface area contributed by atoms with E-state index in [-0.39, 0.29) is 40.6 Å². The van der Waals surface area contributed by atoms with Crippen LogP contribution in [0.15, 0.2) is 4.90 Å². The number of halogens is 5. The molecular weight excluding hydrogens is 287 g/mol. The van der Waals surface area contributed by atoms with Gasteiger partial charge in [0.25, 0.3) is 0 Å². The zero-order valence-corrected chi connectivity index (χ0v) is 10.3. The molecule has 0 aliphatic rings. The Morgan fingerprint density at radius 2 is 1.06 bits per heavy atom. The van der Waals surface area contributed by atoms with Crippen LogP contribution in [0.1, 0.15) is 2.85 Å². The molecular formula is C6H3CaF5O3S. The molecule has 0 saturated carbocycles. The molecule has 3 nitrogen and oxygen atoms in total. The quantitative estimate of drug-likeness (QED) is 0.280. The molecule has 0 saturated heterocycles. The van der Waals surface area contributed by atoms with Gasteiger partial charge in [0.2, 0.25) is 5.82 Å². The normalized spacial score (nSPS) is 11.1. The Balaban J connectivity index is -0.000000750. The predicted octanol–water partition coefficient (Wildman–Crippen LogP) is 1.47.